The topological polar surface area (TPSA) is 93.4 Å². The van der Waals surface area contributed by atoms with E-state index in [0.717, 1.165) is 50.1 Å². The Morgan fingerprint density at radius 3 is 1.43 bits per heavy atom. The van der Waals surface area contributed by atoms with Crippen molar-refractivity contribution in [2.24, 2.45) is 28.2 Å². The molecule has 0 N–H and O–H groups in total. The SMILES string of the molecule is Cc1cc(-c2cc3oc4c5ccccc5oc4c3cc2C)[n+](C)cn1.Cc1cc2c(cc1-c1ccnc[n+]1C)sc1c3ccccc3sc21.Cc1ccc2c(sc3c4ccccc4sc23)c1-c1ccnc[n+]1C.Cc1ccc2c(sc3sc4ccccc4c32)c1-c1ccnc[n+]1C. The van der Waals surface area contributed by atoms with Gasteiger partial charge in [-0.25, -0.2) is 18.3 Å². The number of thiophene rings is 6. The second-order valence-electron chi connectivity index (χ2n) is 24.8. The molecule has 97 heavy (non-hydrogen) atoms. The highest BCUT2D eigenvalue weighted by Gasteiger charge is 2.24. The Bertz CT molecular complexity index is 6490. The Balaban J connectivity index is 0.0000000975. The number of benzene rings is 8. The Hall–Kier alpha value is -10.0. The summed E-state index contributed by atoms with van der Waals surface area (Å²) < 4.78 is 35.9. The molecule has 12 heterocycles. The molecule has 0 aliphatic carbocycles. The highest BCUT2D eigenvalue weighted by molar-refractivity contribution is 7.45. The minimum atomic E-state index is 0.817. The summed E-state index contributed by atoms with van der Waals surface area (Å²) in [4.78, 5) is 17.0. The van der Waals surface area contributed by atoms with Gasteiger partial charge in [-0.1, -0.05) is 111 Å². The van der Waals surface area contributed by atoms with E-state index in [1.807, 2.05) is 162 Å². The van der Waals surface area contributed by atoms with Crippen LogP contribution in [0.4, 0.5) is 0 Å². The van der Waals surface area contributed by atoms with Crippen LogP contribution in [0.3, 0.4) is 0 Å². The largest absolute Gasteiger partial charge is 0.452 e. The normalized spacial score (nSPS) is 11.8. The van der Waals surface area contributed by atoms with Gasteiger partial charge < -0.3 is 8.83 Å². The molecule has 0 fully saturated rings. The van der Waals surface area contributed by atoms with Crippen molar-refractivity contribution in [1.29, 1.82) is 0 Å². The molecule has 0 amide bonds. The maximum Gasteiger partial charge on any atom is 0.286 e. The number of hydrogen-bond acceptors (Lipinski definition) is 12. The van der Waals surface area contributed by atoms with Crippen LogP contribution in [0.1, 0.15) is 27.9 Å². The van der Waals surface area contributed by atoms with Gasteiger partial charge in [-0.05, 0) is 105 Å². The zero-order chi connectivity index (χ0) is 65.9. The molecule has 16 heteroatoms. The Morgan fingerprint density at radius 2 is 0.794 bits per heavy atom. The van der Waals surface area contributed by atoms with Gasteiger partial charge in [-0.3, -0.25) is 0 Å². The molecule has 0 saturated heterocycles. The summed E-state index contributed by atoms with van der Waals surface area (Å²) in [5.41, 5.74) is 19.3. The fraction of sp³-hybridized carbons (Fsp3) is 0.111. The van der Waals surface area contributed by atoms with Crippen LogP contribution in [-0.2, 0) is 28.2 Å². The predicted molar refractivity (Wildman–Crippen MR) is 409 cm³/mol. The first-order valence-corrected chi connectivity index (χ1v) is 36.8. The van der Waals surface area contributed by atoms with Crippen molar-refractivity contribution < 1.29 is 27.1 Å². The molecule has 0 saturated carbocycles. The van der Waals surface area contributed by atoms with Gasteiger partial charge >= 0.3 is 0 Å². The van der Waals surface area contributed by atoms with Gasteiger partial charge in [0, 0.05) is 119 Å². The van der Waals surface area contributed by atoms with Crippen molar-refractivity contribution in [3.05, 3.63) is 242 Å². The van der Waals surface area contributed by atoms with Crippen LogP contribution < -0.4 is 18.3 Å². The summed E-state index contributed by atoms with van der Waals surface area (Å²) >= 11 is 11.5. The van der Waals surface area contributed by atoms with E-state index in [0.29, 0.717) is 0 Å². The van der Waals surface area contributed by atoms with Crippen molar-refractivity contribution in [1.82, 2.24) is 19.9 Å². The molecular formula is C81H62N8O2S6+4. The van der Waals surface area contributed by atoms with E-state index < -0.39 is 0 Å². The van der Waals surface area contributed by atoms with Crippen LogP contribution in [0, 0.1) is 34.6 Å². The lowest BCUT2D eigenvalue weighted by Crippen LogP contribution is -2.31. The molecule has 20 aromatic rings. The molecule has 0 unspecified atom stereocenters. The molecule has 0 aliphatic rings. The zero-order valence-corrected chi connectivity index (χ0v) is 59.4. The second-order valence-corrected chi connectivity index (χ2v) is 31.3. The monoisotopic (exact) mass is 1370 g/mol. The third kappa shape index (κ3) is 10.4. The molecular weight excluding hydrogens is 1310 g/mol. The van der Waals surface area contributed by atoms with Gasteiger partial charge in [-0.15, -0.1) is 68.0 Å². The van der Waals surface area contributed by atoms with Crippen LogP contribution in [0.2, 0.25) is 0 Å². The van der Waals surface area contributed by atoms with Gasteiger partial charge in [-0.2, -0.15) is 0 Å². The third-order valence-electron chi connectivity index (χ3n) is 18.5. The first kappa shape index (κ1) is 60.6. The lowest BCUT2D eigenvalue weighted by molar-refractivity contribution is -0.663. The Labute approximate surface area is 581 Å². The molecule has 10 nitrogen and oxygen atoms in total. The van der Waals surface area contributed by atoms with E-state index in [2.05, 4.69) is 221 Å². The fourth-order valence-corrected chi connectivity index (χ4v) is 21.9. The average molecular weight is 1370 g/mol. The molecule has 0 atom stereocenters. The number of furan rings is 2. The molecule has 470 valence electrons. The summed E-state index contributed by atoms with van der Waals surface area (Å²) in [6.07, 6.45) is 13.1. The van der Waals surface area contributed by atoms with Crippen molar-refractivity contribution in [2.45, 2.75) is 34.6 Å². The van der Waals surface area contributed by atoms with Crippen LogP contribution >= 0.6 is 68.0 Å². The van der Waals surface area contributed by atoms with E-state index in [1.54, 1.807) is 0 Å². The molecule has 20 rings (SSSR count). The smallest absolute Gasteiger partial charge is 0.286 e. The van der Waals surface area contributed by atoms with E-state index in [4.69, 9.17) is 8.83 Å². The number of nitrogens with zero attached hydrogens (tertiary/aromatic N) is 8. The first-order chi connectivity index (χ1) is 47.3. The van der Waals surface area contributed by atoms with E-state index in [-0.39, 0.29) is 0 Å². The summed E-state index contributed by atoms with van der Waals surface area (Å²) in [5.74, 6) is 0. The Morgan fingerprint density at radius 1 is 0.320 bits per heavy atom. The molecule has 8 aromatic carbocycles. The molecule has 0 spiro atoms. The number of fused-ring (bicyclic) bond motifs is 20. The maximum atomic E-state index is 6.17. The van der Waals surface area contributed by atoms with Gasteiger partial charge in [0.25, 0.3) is 25.3 Å². The number of hydrogen-bond donors (Lipinski definition) is 0. The van der Waals surface area contributed by atoms with Crippen LogP contribution in [-0.4, -0.2) is 19.9 Å². The highest BCUT2D eigenvalue weighted by atomic mass is 32.2. The van der Waals surface area contributed by atoms with Gasteiger partial charge in [0.05, 0.1) is 61.8 Å². The van der Waals surface area contributed by atoms with Crippen LogP contribution in [0.25, 0.3) is 167 Å². The van der Waals surface area contributed by atoms with Crippen molar-refractivity contribution in [3.63, 3.8) is 0 Å². The van der Waals surface area contributed by atoms with E-state index in [1.165, 1.54) is 145 Å². The van der Waals surface area contributed by atoms with Gasteiger partial charge in [0.2, 0.25) is 0 Å². The maximum absolute atomic E-state index is 6.17. The zero-order valence-electron chi connectivity index (χ0n) is 54.6. The van der Waals surface area contributed by atoms with E-state index in [9.17, 15) is 0 Å². The van der Waals surface area contributed by atoms with Crippen LogP contribution in [0.15, 0.2) is 223 Å². The summed E-state index contributed by atoms with van der Waals surface area (Å²) in [7, 11) is 8.18. The molecule has 0 bridgehead atoms. The predicted octanol–water partition coefficient (Wildman–Crippen LogP) is 21.2. The van der Waals surface area contributed by atoms with E-state index >= 15 is 0 Å². The second kappa shape index (κ2) is 24.2. The quantitative estimate of drug-likeness (QED) is 0.163. The summed E-state index contributed by atoms with van der Waals surface area (Å²) in [6, 6.07) is 60.5. The number of para-hydroxylation sites is 1. The Kier molecular flexibility index (Phi) is 15.2. The number of aromatic nitrogens is 8. The van der Waals surface area contributed by atoms with Crippen molar-refractivity contribution in [2.75, 3.05) is 0 Å². The molecule has 0 radical (unpaired) electrons. The minimum absolute atomic E-state index is 0.817. The first-order valence-electron chi connectivity index (χ1n) is 31.9. The van der Waals surface area contributed by atoms with Crippen molar-refractivity contribution in [3.8, 4) is 45.0 Å². The minimum Gasteiger partial charge on any atom is -0.452 e. The van der Waals surface area contributed by atoms with Crippen molar-refractivity contribution >= 4 is 190 Å². The fourth-order valence-electron chi connectivity index (χ4n) is 13.6. The lowest BCUT2D eigenvalue weighted by atomic mass is 10.0. The molecule has 0 aliphatic heterocycles. The highest BCUT2D eigenvalue weighted by Crippen LogP contribution is 2.50. The standard InChI is InChI=1S/C21H17N2O2.3C20H15N2S2/c1-12-8-16-19(10-15(12)17-9-13(2)22-11-23(17)3)25-20-14-6-4-5-7-18(14)24-21(16)20;1-12-9-15-18(10-14(12)16-7-8-21-11-22(16)2)24-19-13-5-3-4-6-17(13)23-20(15)19;1-12-7-8-14-18(17(12)15-9-10-21-11-22(15)2)24-19-13-5-3-4-6-16(13)23-20(14)19;1-12-7-8-14-18-13-5-3-4-6-16(13)23-20(18)24-19(14)17(12)15-9-10-21-11-22(15)2/h4-11H,1-3H3;3*3-11H,1-2H3/q4*+1. The number of aryl methyl sites for hydroxylation is 9. The number of rotatable bonds is 4. The summed E-state index contributed by atoms with van der Waals surface area (Å²) in [5, 5.41) is 11.7. The van der Waals surface area contributed by atoms with Crippen LogP contribution in [0.5, 0.6) is 0 Å². The summed E-state index contributed by atoms with van der Waals surface area (Å²) in [6.45, 7) is 10.7. The van der Waals surface area contributed by atoms with Gasteiger partial charge in [0.1, 0.15) is 52.5 Å². The lowest BCUT2D eigenvalue weighted by Gasteiger charge is -2.07. The molecule has 12 aromatic heterocycles. The average Bonchev–Trinajstić information content (AvgIpc) is 1.60. The van der Waals surface area contributed by atoms with Gasteiger partial charge in [0.15, 0.2) is 16.9 Å². The third-order valence-corrected chi connectivity index (χ3v) is 26.1.